The highest BCUT2D eigenvalue weighted by Crippen LogP contribution is 2.18. The molecule has 1 amide bonds. The molecular formula is C58H107NO5. The third-order valence-electron chi connectivity index (χ3n) is 12.6. The average molecular weight is 898 g/mol. The number of rotatable bonds is 50. The van der Waals surface area contributed by atoms with Crippen molar-refractivity contribution >= 4 is 11.9 Å². The van der Waals surface area contributed by atoms with Gasteiger partial charge in [-0.15, -0.1) is 0 Å². The Kier molecular flexibility index (Phi) is 50.0. The fourth-order valence-electron chi connectivity index (χ4n) is 8.44. The van der Waals surface area contributed by atoms with Crippen LogP contribution in [0.3, 0.4) is 0 Å². The molecule has 0 aliphatic heterocycles. The molecule has 0 aromatic heterocycles. The van der Waals surface area contributed by atoms with E-state index in [1.807, 2.05) is 0 Å². The number of unbranched alkanes of at least 4 members (excludes halogenated alkanes) is 30. The third kappa shape index (κ3) is 46.4. The summed E-state index contributed by atoms with van der Waals surface area (Å²) in [7, 11) is 0. The lowest BCUT2D eigenvalue weighted by molar-refractivity contribution is -0.151. The van der Waals surface area contributed by atoms with Crippen LogP contribution in [0.2, 0.25) is 0 Å². The van der Waals surface area contributed by atoms with Crippen LogP contribution in [0, 0.1) is 0 Å². The van der Waals surface area contributed by atoms with Crippen LogP contribution in [0.1, 0.15) is 284 Å². The first kappa shape index (κ1) is 61.8. The second kappa shape index (κ2) is 51.8. The minimum absolute atomic E-state index is 0.0493. The van der Waals surface area contributed by atoms with Crippen molar-refractivity contribution in [2.45, 2.75) is 302 Å². The smallest absolute Gasteiger partial charge is 0.306 e. The highest BCUT2D eigenvalue weighted by atomic mass is 16.5. The van der Waals surface area contributed by atoms with Crippen molar-refractivity contribution in [1.29, 1.82) is 0 Å². The van der Waals surface area contributed by atoms with E-state index in [1.54, 1.807) is 0 Å². The van der Waals surface area contributed by atoms with Crippen LogP contribution in [-0.4, -0.2) is 46.9 Å². The number of carbonyl (C=O) groups excluding carboxylic acids is 2. The van der Waals surface area contributed by atoms with E-state index in [0.717, 1.165) is 83.5 Å². The average Bonchev–Trinajstić information content (AvgIpc) is 3.29. The summed E-state index contributed by atoms with van der Waals surface area (Å²) in [4.78, 5) is 26.2. The predicted octanol–water partition coefficient (Wildman–Crippen LogP) is 17.0. The molecule has 374 valence electrons. The van der Waals surface area contributed by atoms with Crippen molar-refractivity contribution in [3.63, 3.8) is 0 Å². The molecule has 3 unspecified atom stereocenters. The zero-order chi connectivity index (χ0) is 46.7. The van der Waals surface area contributed by atoms with Gasteiger partial charge in [-0.3, -0.25) is 9.59 Å². The Morgan fingerprint density at radius 1 is 0.469 bits per heavy atom. The monoisotopic (exact) mass is 898 g/mol. The van der Waals surface area contributed by atoms with Crippen molar-refractivity contribution in [2.75, 3.05) is 6.61 Å². The molecular weight excluding hydrogens is 791 g/mol. The first-order chi connectivity index (χ1) is 31.5. The molecule has 0 aliphatic carbocycles. The molecule has 0 aromatic carbocycles. The van der Waals surface area contributed by atoms with Gasteiger partial charge in [0.2, 0.25) is 5.91 Å². The Morgan fingerprint density at radius 2 is 0.844 bits per heavy atom. The van der Waals surface area contributed by atoms with Crippen LogP contribution in [-0.2, 0) is 14.3 Å². The third-order valence-corrected chi connectivity index (χ3v) is 12.6. The highest BCUT2D eigenvalue weighted by molar-refractivity contribution is 5.77. The number of hydrogen-bond acceptors (Lipinski definition) is 5. The fourth-order valence-corrected chi connectivity index (χ4v) is 8.44. The second-order valence-electron chi connectivity index (χ2n) is 19.0. The maximum atomic E-state index is 13.2. The van der Waals surface area contributed by atoms with E-state index in [0.29, 0.717) is 19.3 Å². The minimum Gasteiger partial charge on any atom is -0.462 e. The van der Waals surface area contributed by atoms with E-state index >= 15 is 0 Å². The van der Waals surface area contributed by atoms with Crippen molar-refractivity contribution in [1.82, 2.24) is 5.32 Å². The number of aliphatic hydroxyl groups is 2. The van der Waals surface area contributed by atoms with Crippen LogP contribution in [0.4, 0.5) is 0 Å². The predicted molar refractivity (Wildman–Crippen MR) is 278 cm³/mol. The van der Waals surface area contributed by atoms with Gasteiger partial charge in [0.25, 0.3) is 0 Å². The van der Waals surface area contributed by atoms with Crippen molar-refractivity contribution < 1.29 is 24.5 Å². The number of hydrogen-bond donors (Lipinski definition) is 3. The van der Waals surface area contributed by atoms with Gasteiger partial charge in [0, 0.05) is 6.42 Å². The highest BCUT2D eigenvalue weighted by Gasteiger charge is 2.24. The Labute approximate surface area is 397 Å². The van der Waals surface area contributed by atoms with Gasteiger partial charge < -0.3 is 20.3 Å². The first-order valence-electron chi connectivity index (χ1n) is 27.9. The van der Waals surface area contributed by atoms with Crippen LogP contribution < -0.4 is 5.32 Å². The molecule has 0 saturated carbocycles. The summed E-state index contributed by atoms with van der Waals surface area (Å²) >= 11 is 0. The lowest BCUT2D eigenvalue weighted by atomic mass is 10.0. The lowest BCUT2D eigenvalue weighted by Gasteiger charge is -2.24. The zero-order valence-electron chi connectivity index (χ0n) is 42.7. The molecule has 0 spiro atoms. The van der Waals surface area contributed by atoms with E-state index in [9.17, 15) is 19.8 Å². The fraction of sp³-hybridized carbons (Fsp3) is 0.828. The van der Waals surface area contributed by atoms with Gasteiger partial charge in [-0.05, 0) is 83.5 Å². The number of amides is 1. The van der Waals surface area contributed by atoms with E-state index in [4.69, 9.17) is 4.74 Å². The Balaban J connectivity index is 4.52. The van der Waals surface area contributed by atoms with E-state index < -0.39 is 18.2 Å². The molecule has 3 atom stereocenters. The number of nitrogens with one attached hydrogen (secondary N) is 1. The molecule has 6 heteroatoms. The number of esters is 1. The van der Waals surface area contributed by atoms with Gasteiger partial charge >= 0.3 is 5.97 Å². The number of allylic oxidation sites excluding steroid dienone is 8. The van der Waals surface area contributed by atoms with Gasteiger partial charge in [0.15, 0.2) is 0 Å². The number of ether oxygens (including phenoxy) is 1. The van der Waals surface area contributed by atoms with Crippen molar-refractivity contribution in [2.24, 2.45) is 0 Å². The largest absolute Gasteiger partial charge is 0.462 e. The maximum absolute atomic E-state index is 13.2. The Morgan fingerprint density at radius 3 is 1.31 bits per heavy atom. The molecule has 0 aliphatic rings. The van der Waals surface area contributed by atoms with Gasteiger partial charge in [0.1, 0.15) is 6.10 Å². The summed E-state index contributed by atoms with van der Waals surface area (Å²) in [6.45, 7) is 6.38. The van der Waals surface area contributed by atoms with Gasteiger partial charge in [-0.1, -0.05) is 236 Å². The summed E-state index contributed by atoms with van der Waals surface area (Å²) in [6, 6.07) is -0.715. The number of aliphatic hydroxyl groups excluding tert-OH is 2. The summed E-state index contributed by atoms with van der Waals surface area (Å²) in [6.07, 6.45) is 63.2. The molecule has 0 aromatic rings. The van der Waals surface area contributed by atoms with E-state index in [-0.39, 0.29) is 24.9 Å². The molecule has 6 nitrogen and oxygen atoms in total. The van der Waals surface area contributed by atoms with E-state index in [1.165, 1.54) is 154 Å². The summed E-state index contributed by atoms with van der Waals surface area (Å²) in [5.74, 6) is -0.515. The van der Waals surface area contributed by atoms with Crippen LogP contribution >= 0.6 is 0 Å². The first-order valence-corrected chi connectivity index (χ1v) is 27.9. The van der Waals surface area contributed by atoms with Crippen molar-refractivity contribution in [3.05, 3.63) is 48.6 Å². The summed E-state index contributed by atoms with van der Waals surface area (Å²) < 4.78 is 5.92. The second-order valence-corrected chi connectivity index (χ2v) is 19.0. The Bertz CT molecular complexity index is 1100. The van der Waals surface area contributed by atoms with Crippen LogP contribution in [0.5, 0.6) is 0 Å². The molecule has 3 N–H and O–H groups in total. The van der Waals surface area contributed by atoms with E-state index in [2.05, 4.69) is 74.7 Å². The zero-order valence-corrected chi connectivity index (χ0v) is 42.7. The van der Waals surface area contributed by atoms with Crippen molar-refractivity contribution in [3.8, 4) is 0 Å². The molecule has 0 bridgehead atoms. The number of carbonyl (C=O) groups is 2. The van der Waals surface area contributed by atoms with Crippen LogP contribution in [0.15, 0.2) is 48.6 Å². The molecule has 0 radical (unpaired) electrons. The van der Waals surface area contributed by atoms with Gasteiger partial charge in [-0.25, -0.2) is 0 Å². The quantitative estimate of drug-likeness (QED) is 0.0321. The standard InChI is InChI=1S/C58H107NO5/c1-4-7-10-13-16-19-22-25-27-29-30-32-35-38-41-44-47-50-56(61)55(53-60)59-57(62)52-54(49-46-43-40-37-34-24-21-18-15-12-9-6-3)64-58(63)51-48-45-42-39-36-33-31-28-26-23-20-17-14-11-8-5-2/h9,12,18,21,28,31,34,37,54-56,60-61H,4-8,10-11,13-17,19-20,22-27,29-30,32-33,35-36,38-53H2,1-3H3,(H,59,62)/b12-9+,21-18+,31-28+,37-34+. The molecule has 64 heavy (non-hydrogen) atoms. The SMILES string of the molecule is CC/C=C/C/C=C/C/C=C/CCCCC(CC(=O)NC(CO)C(O)CCCCCCCCCCCCCCCCCCC)OC(=O)CCCCCCC/C=C/CCCCCCCCC. The maximum Gasteiger partial charge on any atom is 0.306 e. The molecule has 0 saturated heterocycles. The molecule has 0 rings (SSSR count). The summed E-state index contributed by atoms with van der Waals surface area (Å²) in [5, 5.41) is 23.8. The lowest BCUT2D eigenvalue weighted by Crippen LogP contribution is -2.46. The Hall–Kier alpha value is -2.18. The van der Waals surface area contributed by atoms with Gasteiger partial charge in [-0.2, -0.15) is 0 Å². The summed E-state index contributed by atoms with van der Waals surface area (Å²) in [5.41, 5.74) is 0. The van der Waals surface area contributed by atoms with Gasteiger partial charge in [0.05, 0.1) is 25.2 Å². The topological polar surface area (TPSA) is 95.9 Å². The normalized spacial score (nSPS) is 13.5. The minimum atomic E-state index is -0.799. The molecule has 0 fully saturated rings. The molecule has 0 heterocycles. The van der Waals surface area contributed by atoms with Crippen LogP contribution in [0.25, 0.3) is 0 Å².